The van der Waals surface area contributed by atoms with Gasteiger partial charge in [-0.05, 0) is 19.4 Å². The summed E-state index contributed by atoms with van der Waals surface area (Å²) in [6.07, 6.45) is 0. The van der Waals surface area contributed by atoms with Gasteiger partial charge >= 0.3 is 13.6 Å². The molecule has 124 valence electrons. The molecule has 0 aliphatic heterocycles. The molecule has 0 fully saturated rings. The van der Waals surface area contributed by atoms with Crippen molar-refractivity contribution >= 4 is 25.2 Å². The Labute approximate surface area is 136 Å². The van der Waals surface area contributed by atoms with E-state index in [9.17, 15) is 9.36 Å². The first kappa shape index (κ1) is 19.0. The zero-order chi connectivity index (χ0) is 16.4. The third-order valence-corrected chi connectivity index (χ3v) is 5.18. The first-order valence-corrected chi connectivity index (χ1v) is 9.26. The van der Waals surface area contributed by atoms with Gasteiger partial charge in [-0.25, -0.2) is 4.79 Å². The summed E-state index contributed by atoms with van der Waals surface area (Å²) in [4.78, 5) is 11.9. The molecule has 1 unspecified atom stereocenters. The standard InChI is InChI=1S/C14H22ClN2O4P/c1-3-20-22(19,21-4-2)13(12-8-6-5-7-9-12)17-14(18)16-11-10-15/h5-9,13H,3-4,10-11H2,1-2H3,(H2,16,17,18). The zero-order valence-corrected chi connectivity index (χ0v) is 14.4. The minimum Gasteiger partial charge on any atom is -0.337 e. The van der Waals surface area contributed by atoms with Crippen LogP contribution in [0.1, 0.15) is 25.2 Å². The average Bonchev–Trinajstić information content (AvgIpc) is 2.52. The normalized spacial score (nSPS) is 12.7. The second kappa shape index (κ2) is 9.85. The maximum Gasteiger partial charge on any atom is 0.357 e. The summed E-state index contributed by atoms with van der Waals surface area (Å²) in [5.41, 5.74) is 0.647. The van der Waals surface area contributed by atoms with E-state index in [4.69, 9.17) is 20.6 Å². The van der Waals surface area contributed by atoms with Crippen LogP contribution in [0.5, 0.6) is 0 Å². The summed E-state index contributed by atoms with van der Waals surface area (Å²) < 4.78 is 23.7. The van der Waals surface area contributed by atoms with Crippen molar-refractivity contribution in [2.45, 2.75) is 19.6 Å². The van der Waals surface area contributed by atoms with Crippen molar-refractivity contribution in [3.8, 4) is 0 Å². The van der Waals surface area contributed by atoms with Crippen molar-refractivity contribution in [3.63, 3.8) is 0 Å². The quantitative estimate of drug-likeness (QED) is 0.529. The van der Waals surface area contributed by atoms with E-state index in [0.717, 1.165) is 0 Å². The molecule has 6 nitrogen and oxygen atoms in total. The Balaban J connectivity index is 3.04. The molecule has 0 heterocycles. The molecular formula is C14H22ClN2O4P. The highest BCUT2D eigenvalue weighted by Gasteiger charge is 2.38. The Morgan fingerprint density at radius 1 is 1.23 bits per heavy atom. The zero-order valence-electron chi connectivity index (χ0n) is 12.8. The molecule has 22 heavy (non-hydrogen) atoms. The maximum atomic E-state index is 13.0. The molecule has 1 aromatic rings. The molecule has 0 aromatic heterocycles. The summed E-state index contributed by atoms with van der Waals surface area (Å²) >= 11 is 5.54. The van der Waals surface area contributed by atoms with Crippen LogP contribution in [0, 0.1) is 0 Å². The smallest absolute Gasteiger partial charge is 0.337 e. The Bertz CT molecular complexity index is 491. The molecule has 8 heteroatoms. The van der Waals surface area contributed by atoms with Gasteiger partial charge in [-0.3, -0.25) is 4.57 Å². The van der Waals surface area contributed by atoms with Crippen LogP contribution >= 0.6 is 19.2 Å². The number of carbonyl (C=O) groups is 1. The van der Waals surface area contributed by atoms with Gasteiger partial charge in [-0.15, -0.1) is 11.6 Å². The molecule has 0 saturated carbocycles. The Morgan fingerprint density at radius 3 is 2.32 bits per heavy atom. The van der Waals surface area contributed by atoms with Crippen LogP contribution in [0.15, 0.2) is 30.3 Å². The Morgan fingerprint density at radius 2 is 1.82 bits per heavy atom. The fraction of sp³-hybridized carbons (Fsp3) is 0.500. The van der Waals surface area contributed by atoms with Crippen LogP contribution in [0.3, 0.4) is 0 Å². The van der Waals surface area contributed by atoms with Crippen LogP contribution in [0.25, 0.3) is 0 Å². The highest BCUT2D eigenvalue weighted by Crippen LogP contribution is 2.59. The molecule has 2 amide bonds. The van der Waals surface area contributed by atoms with E-state index >= 15 is 0 Å². The first-order chi connectivity index (χ1) is 10.6. The number of halogens is 1. The number of urea groups is 1. The molecule has 0 spiro atoms. The number of amides is 2. The minimum atomic E-state index is -3.54. The molecule has 0 bridgehead atoms. The number of carbonyl (C=O) groups excluding carboxylic acids is 1. The van der Waals surface area contributed by atoms with Gasteiger partial charge in [0.25, 0.3) is 0 Å². The molecule has 0 saturated heterocycles. The van der Waals surface area contributed by atoms with Crippen molar-refractivity contribution in [1.82, 2.24) is 10.6 Å². The van der Waals surface area contributed by atoms with Gasteiger partial charge in [0.2, 0.25) is 0 Å². The molecule has 0 radical (unpaired) electrons. The van der Waals surface area contributed by atoms with Crippen LogP contribution < -0.4 is 10.6 Å². The first-order valence-electron chi connectivity index (χ1n) is 7.11. The lowest BCUT2D eigenvalue weighted by atomic mass is 10.2. The van der Waals surface area contributed by atoms with Crippen molar-refractivity contribution in [2.75, 3.05) is 25.6 Å². The van der Waals surface area contributed by atoms with Gasteiger partial charge in [0, 0.05) is 12.4 Å². The molecule has 0 aliphatic rings. The van der Waals surface area contributed by atoms with Crippen LogP contribution in [0.4, 0.5) is 4.79 Å². The fourth-order valence-corrected chi connectivity index (χ4v) is 3.86. The fourth-order valence-electron chi connectivity index (χ4n) is 1.86. The third kappa shape index (κ3) is 5.61. The van der Waals surface area contributed by atoms with Gasteiger partial charge < -0.3 is 19.7 Å². The number of benzene rings is 1. The second-order valence-corrected chi connectivity index (χ2v) is 6.77. The van der Waals surface area contributed by atoms with Crippen LogP contribution in [0.2, 0.25) is 0 Å². The van der Waals surface area contributed by atoms with Crippen molar-refractivity contribution in [2.24, 2.45) is 0 Å². The molecule has 2 N–H and O–H groups in total. The molecular weight excluding hydrogens is 327 g/mol. The third-order valence-electron chi connectivity index (χ3n) is 2.70. The number of hydrogen-bond donors (Lipinski definition) is 2. The van der Waals surface area contributed by atoms with Gasteiger partial charge in [0.15, 0.2) is 5.78 Å². The molecule has 0 aliphatic carbocycles. The summed E-state index contributed by atoms with van der Waals surface area (Å²) in [7, 11) is -3.54. The number of nitrogens with one attached hydrogen (secondary N) is 2. The highest BCUT2D eigenvalue weighted by molar-refractivity contribution is 7.54. The van der Waals surface area contributed by atoms with Crippen LogP contribution in [-0.4, -0.2) is 31.7 Å². The van der Waals surface area contributed by atoms with Crippen LogP contribution in [-0.2, 0) is 13.6 Å². The van der Waals surface area contributed by atoms with E-state index in [2.05, 4.69) is 10.6 Å². The van der Waals surface area contributed by atoms with Crippen molar-refractivity contribution in [1.29, 1.82) is 0 Å². The van der Waals surface area contributed by atoms with Crippen molar-refractivity contribution < 1.29 is 18.4 Å². The average molecular weight is 349 g/mol. The van der Waals surface area contributed by atoms with E-state index in [1.165, 1.54) is 0 Å². The maximum absolute atomic E-state index is 13.0. The summed E-state index contributed by atoms with van der Waals surface area (Å²) in [6, 6.07) is 8.47. The largest absolute Gasteiger partial charge is 0.357 e. The van der Waals surface area contributed by atoms with Crippen molar-refractivity contribution in [3.05, 3.63) is 35.9 Å². The van der Waals surface area contributed by atoms with E-state index in [-0.39, 0.29) is 19.1 Å². The monoisotopic (exact) mass is 348 g/mol. The van der Waals surface area contributed by atoms with Gasteiger partial charge in [0.05, 0.1) is 13.2 Å². The summed E-state index contributed by atoms with van der Waals surface area (Å²) in [6.45, 7) is 4.18. The van der Waals surface area contributed by atoms with Gasteiger partial charge in [-0.2, -0.15) is 0 Å². The predicted octanol–water partition coefficient (Wildman–Crippen LogP) is 3.49. The molecule has 1 atom stereocenters. The van der Waals surface area contributed by atoms with Gasteiger partial charge in [0.1, 0.15) is 0 Å². The van der Waals surface area contributed by atoms with E-state index in [1.807, 2.05) is 6.07 Å². The number of alkyl halides is 1. The molecule has 1 rings (SSSR count). The SMILES string of the molecule is CCOP(=O)(OCC)C(NC(=O)NCCCl)c1ccccc1. The lowest BCUT2D eigenvalue weighted by molar-refractivity contribution is 0.203. The number of rotatable bonds is 9. The van der Waals surface area contributed by atoms with E-state index in [1.54, 1.807) is 38.1 Å². The summed E-state index contributed by atoms with van der Waals surface area (Å²) in [5.74, 6) is -0.596. The topological polar surface area (TPSA) is 76.7 Å². The lowest BCUT2D eigenvalue weighted by Gasteiger charge is -2.27. The Kier molecular flexibility index (Phi) is 8.49. The minimum absolute atomic E-state index is 0.214. The molecule has 1 aromatic carbocycles. The summed E-state index contributed by atoms with van der Waals surface area (Å²) in [5, 5.41) is 5.23. The van der Waals surface area contributed by atoms with E-state index < -0.39 is 19.4 Å². The number of hydrogen-bond acceptors (Lipinski definition) is 4. The Hall–Kier alpha value is -1.07. The highest BCUT2D eigenvalue weighted by atomic mass is 35.5. The van der Waals surface area contributed by atoms with E-state index in [0.29, 0.717) is 12.1 Å². The predicted molar refractivity (Wildman–Crippen MR) is 87.3 cm³/mol. The second-order valence-electron chi connectivity index (χ2n) is 4.28. The lowest BCUT2D eigenvalue weighted by Crippen LogP contribution is -2.39. The van der Waals surface area contributed by atoms with Gasteiger partial charge in [-0.1, -0.05) is 30.3 Å².